The molecule has 5 nitrogen and oxygen atoms in total. The molecule has 0 spiro atoms. The molecule has 0 bridgehead atoms. The van der Waals surface area contributed by atoms with E-state index in [1.165, 1.54) is 6.20 Å². The summed E-state index contributed by atoms with van der Waals surface area (Å²) in [7, 11) is 0. The van der Waals surface area contributed by atoms with Crippen LogP contribution in [0.25, 0.3) is 0 Å². The molecule has 0 aliphatic heterocycles. The topological polar surface area (TPSA) is 80.0 Å². The normalized spacial score (nSPS) is 10.1. The minimum atomic E-state index is -0.205. The van der Waals surface area contributed by atoms with Gasteiger partial charge in [0.05, 0.1) is 22.2 Å². The average molecular weight is 327 g/mol. The van der Waals surface area contributed by atoms with Gasteiger partial charge in [0.15, 0.2) is 0 Å². The Morgan fingerprint density at radius 3 is 2.78 bits per heavy atom. The van der Waals surface area contributed by atoms with E-state index in [1.54, 1.807) is 23.5 Å². The summed E-state index contributed by atoms with van der Waals surface area (Å²) >= 11 is 4.96. The summed E-state index contributed by atoms with van der Waals surface area (Å²) in [4.78, 5) is 16.9. The number of amides is 1. The monoisotopic (exact) mass is 326 g/mol. The zero-order chi connectivity index (χ0) is 13.0. The molecule has 2 aromatic heterocycles. The number of halogens is 1. The zero-order valence-corrected chi connectivity index (χ0v) is 11.7. The van der Waals surface area contributed by atoms with E-state index in [0.717, 1.165) is 8.66 Å². The summed E-state index contributed by atoms with van der Waals surface area (Å²) in [6.07, 6.45) is 1.51. The van der Waals surface area contributed by atoms with Crippen LogP contribution in [0.15, 0.2) is 34.2 Å². The summed E-state index contributed by atoms with van der Waals surface area (Å²) in [6, 6.07) is 7.23. The van der Waals surface area contributed by atoms with Gasteiger partial charge in [-0.2, -0.15) is 0 Å². The maximum Gasteiger partial charge on any atom is 0.270 e. The molecule has 0 atom stereocenters. The van der Waals surface area contributed by atoms with Gasteiger partial charge >= 0.3 is 0 Å². The number of anilines is 1. The van der Waals surface area contributed by atoms with E-state index in [1.807, 2.05) is 12.1 Å². The summed E-state index contributed by atoms with van der Waals surface area (Å²) in [5, 5.41) is 2.80. The van der Waals surface area contributed by atoms with Crippen LogP contribution < -0.4 is 16.6 Å². The molecule has 94 valence electrons. The number of hydrazine groups is 1. The predicted molar refractivity (Wildman–Crippen MR) is 75.2 cm³/mol. The van der Waals surface area contributed by atoms with Gasteiger partial charge < -0.3 is 10.7 Å². The molecule has 0 radical (unpaired) electrons. The highest BCUT2D eigenvalue weighted by Crippen LogP contribution is 2.21. The van der Waals surface area contributed by atoms with Gasteiger partial charge in [0.25, 0.3) is 5.91 Å². The molecular weight excluding hydrogens is 316 g/mol. The second-order valence-corrected chi connectivity index (χ2v) is 6.01. The molecule has 0 saturated heterocycles. The largest absolute Gasteiger partial charge is 0.346 e. The van der Waals surface area contributed by atoms with Crippen molar-refractivity contribution in [1.82, 2.24) is 10.3 Å². The second kappa shape index (κ2) is 5.94. The summed E-state index contributed by atoms with van der Waals surface area (Å²) in [5.74, 6) is 5.01. The first-order valence-electron chi connectivity index (χ1n) is 5.14. The highest BCUT2D eigenvalue weighted by molar-refractivity contribution is 9.11. The lowest BCUT2D eigenvalue weighted by molar-refractivity contribution is 0.0946. The summed E-state index contributed by atoms with van der Waals surface area (Å²) in [5.41, 5.74) is 3.48. The van der Waals surface area contributed by atoms with Gasteiger partial charge in [-0.3, -0.25) is 10.6 Å². The number of nitrogen functional groups attached to an aromatic ring is 1. The molecule has 2 rings (SSSR count). The molecule has 4 N–H and O–H groups in total. The third-order valence-corrected chi connectivity index (χ3v) is 3.84. The van der Waals surface area contributed by atoms with Crippen molar-refractivity contribution in [1.29, 1.82) is 0 Å². The molecule has 0 fully saturated rings. The van der Waals surface area contributed by atoms with Crippen LogP contribution in [0.2, 0.25) is 0 Å². The van der Waals surface area contributed by atoms with Gasteiger partial charge in [-0.15, -0.1) is 11.3 Å². The van der Waals surface area contributed by atoms with E-state index in [2.05, 4.69) is 31.7 Å². The Hall–Kier alpha value is -1.44. The van der Waals surface area contributed by atoms with Crippen molar-refractivity contribution in [2.24, 2.45) is 5.84 Å². The molecule has 1 amide bonds. The lowest BCUT2D eigenvalue weighted by Gasteiger charge is -2.04. The molecule has 18 heavy (non-hydrogen) atoms. The van der Waals surface area contributed by atoms with Crippen molar-refractivity contribution in [2.45, 2.75) is 6.54 Å². The number of thiophene rings is 1. The fourth-order valence-electron chi connectivity index (χ4n) is 1.32. The fourth-order valence-corrected chi connectivity index (χ4v) is 2.74. The molecule has 0 unspecified atom stereocenters. The third-order valence-electron chi connectivity index (χ3n) is 2.21. The maximum absolute atomic E-state index is 11.8. The number of carbonyl (C=O) groups is 1. The average Bonchev–Trinajstić information content (AvgIpc) is 2.82. The van der Waals surface area contributed by atoms with Gasteiger partial charge in [-0.1, -0.05) is 0 Å². The molecule has 0 aliphatic carbocycles. The summed E-state index contributed by atoms with van der Waals surface area (Å²) in [6.45, 7) is 0.494. The number of carbonyl (C=O) groups excluding carboxylic acids is 1. The third kappa shape index (κ3) is 3.28. The van der Waals surface area contributed by atoms with Crippen LogP contribution in [0.5, 0.6) is 0 Å². The number of nitrogens with one attached hydrogen (secondary N) is 2. The Bertz CT molecular complexity index is 540. The van der Waals surface area contributed by atoms with E-state index < -0.39 is 0 Å². The van der Waals surface area contributed by atoms with Crippen LogP contribution in [0.4, 0.5) is 5.69 Å². The SMILES string of the molecule is NNc1ccc(C(=O)NCc2ccc(Br)s2)nc1. The van der Waals surface area contributed by atoms with Crippen LogP contribution in [-0.2, 0) is 6.54 Å². The van der Waals surface area contributed by atoms with E-state index in [9.17, 15) is 4.79 Å². The fraction of sp³-hybridized carbons (Fsp3) is 0.0909. The standard InChI is InChI=1S/C11H11BrN4OS/c12-10-4-2-8(18-10)6-15-11(17)9-3-1-7(16-13)5-14-9/h1-5,16H,6,13H2,(H,15,17). The number of nitrogens with two attached hydrogens (primary N) is 1. The van der Waals surface area contributed by atoms with Crippen LogP contribution in [0.1, 0.15) is 15.4 Å². The molecule has 0 aliphatic rings. The van der Waals surface area contributed by atoms with Crippen molar-refractivity contribution < 1.29 is 4.79 Å². The van der Waals surface area contributed by atoms with E-state index in [4.69, 9.17) is 5.84 Å². The first kappa shape index (κ1) is 13.0. The van der Waals surface area contributed by atoms with Crippen molar-refractivity contribution in [2.75, 3.05) is 5.43 Å². The maximum atomic E-state index is 11.8. The van der Waals surface area contributed by atoms with Crippen LogP contribution in [0, 0.1) is 0 Å². The summed E-state index contributed by atoms with van der Waals surface area (Å²) < 4.78 is 1.04. The van der Waals surface area contributed by atoms with Gasteiger partial charge in [0.1, 0.15) is 5.69 Å². The minimum Gasteiger partial charge on any atom is -0.346 e. The van der Waals surface area contributed by atoms with Crippen molar-refractivity contribution in [3.05, 3.63) is 44.8 Å². The number of pyridine rings is 1. The van der Waals surface area contributed by atoms with Crippen molar-refractivity contribution >= 4 is 38.9 Å². The molecular formula is C11H11BrN4OS. The van der Waals surface area contributed by atoms with E-state index in [0.29, 0.717) is 17.9 Å². The number of aromatic nitrogens is 1. The lowest BCUT2D eigenvalue weighted by atomic mass is 10.3. The molecule has 7 heteroatoms. The molecule has 2 heterocycles. The highest BCUT2D eigenvalue weighted by Gasteiger charge is 2.07. The van der Waals surface area contributed by atoms with Gasteiger partial charge in [0.2, 0.25) is 0 Å². The van der Waals surface area contributed by atoms with E-state index >= 15 is 0 Å². The quantitative estimate of drug-likeness (QED) is 0.594. The number of hydrogen-bond acceptors (Lipinski definition) is 5. The Morgan fingerprint density at radius 2 is 2.22 bits per heavy atom. The number of hydrogen-bond donors (Lipinski definition) is 3. The first-order chi connectivity index (χ1) is 8.69. The Morgan fingerprint density at radius 1 is 1.39 bits per heavy atom. The predicted octanol–water partition coefficient (Wildman–Crippen LogP) is 2.12. The Balaban J connectivity index is 1.94. The van der Waals surface area contributed by atoms with Crippen molar-refractivity contribution in [3.8, 4) is 0 Å². The number of nitrogens with zero attached hydrogens (tertiary/aromatic N) is 1. The number of rotatable bonds is 4. The Labute approximate surface area is 117 Å². The zero-order valence-electron chi connectivity index (χ0n) is 9.31. The van der Waals surface area contributed by atoms with Crippen molar-refractivity contribution in [3.63, 3.8) is 0 Å². The van der Waals surface area contributed by atoms with Crippen LogP contribution >= 0.6 is 27.3 Å². The van der Waals surface area contributed by atoms with Crippen LogP contribution in [0.3, 0.4) is 0 Å². The molecule has 2 aromatic rings. The van der Waals surface area contributed by atoms with Crippen LogP contribution in [-0.4, -0.2) is 10.9 Å². The molecule has 0 saturated carbocycles. The van der Waals surface area contributed by atoms with Gasteiger partial charge in [0, 0.05) is 4.88 Å². The van der Waals surface area contributed by atoms with Gasteiger partial charge in [-0.05, 0) is 40.2 Å². The second-order valence-electron chi connectivity index (χ2n) is 3.46. The van der Waals surface area contributed by atoms with Gasteiger partial charge in [-0.25, -0.2) is 4.98 Å². The minimum absolute atomic E-state index is 0.205. The molecule has 0 aromatic carbocycles. The highest BCUT2D eigenvalue weighted by atomic mass is 79.9. The van der Waals surface area contributed by atoms with E-state index in [-0.39, 0.29) is 5.91 Å². The smallest absolute Gasteiger partial charge is 0.270 e. The lowest BCUT2D eigenvalue weighted by Crippen LogP contribution is -2.23. The first-order valence-corrected chi connectivity index (χ1v) is 6.75. The Kier molecular flexibility index (Phi) is 4.29.